The van der Waals surface area contributed by atoms with E-state index in [-0.39, 0.29) is 12.5 Å². The molecule has 0 unspecified atom stereocenters. The third kappa shape index (κ3) is 3.36. The van der Waals surface area contributed by atoms with Gasteiger partial charge in [0.15, 0.2) is 0 Å². The Morgan fingerprint density at radius 3 is 2.79 bits per heavy atom. The largest absolute Gasteiger partial charge is 0.463 e. The van der Waals surface area contributed by atoms with Crippen LogP contribution in [0.5, 0.6) is 0 Å². The molecule has 3 aromatic rings. The zero-order chi connectivity index (χ0) is 17.2. The minimum Gasteiger partial charge on any atom is -0.463 e. The van der Waals surface area contributed by atoms with Crippen LogP contribution in [0, 0.1) is 6.92 Å². The summed E-state index contributed by atoms with van der Waals surface area (Å²) in [7, 11) is 0. The second-order valence-corrected chi connectivity index (χ2v) is 5.74. The van der Waals surface area contributed by atoms with Crippen molar-refractivity contribution in [3.05, 3.63) is 66.3 Å². The van der Waals surface area contributed by atoms with Crippen molar-refractivity contribution in [3.63, 3.8) is 0 Å². The highest BCUT2D eigenvalue weighted by Crippen LogP contribution is 2.22. The van der Waals surface area contributed by atoms with E-state index < -0.39 is 5.60 Å². The average Bonchev–Trinajstić information content (AvgIpc) is 3.24. The maximum atomic E-state index is 12.2. The lowest BCUT2D eigenvalue weighted by atomic mass is 10.0. The number of pyridine rings is 1. The summed E-state index contributed by atoms with van der Waals surface area (Å²) < 4.78 is 7.16. The van der Waals surface area contributed by atoms with Crippen molar-refractivity contribution in [2.45, 2.75) is 19.4 Å². The Balaban J connectivity index is 1.64. The standard InChI is InChI=1S/C17H18N4O3/c1-12-3-5-14(24-12)17(2,23)10-20-16(22)13-4-6-15(19-9-13)21-8-7-18-11-21/h3-9,11,23H,10H2,1-2H3,(H,20,22)/t17-/m0/s1. The van der Waals surface area contributed by atoms with Crippen LogP contribution in [0.2, 0.25) is 0 Å². The van der Waals surface area contributed by atoms with Gasteiger partial charge in [0.05, 0.1) is 12.1 Å². The second-order valence-electron chi connectivity index (χ2n) is 5.74. The minimum absolute atomic E-state index is 0.0298. The van der Waals surface area contributed by atoms with E-state index in [1.165, 1.54) is 6.20 Å². The molecule has 3 rings (SSSR count). The molecule has 124 valence electrons. The average molecular weight is 326 g/mol. The van der Waals surface area contributed by atoms with Gasteiger partial charge in [0.1, 0.15) is 29.3 Å². The molecule has 0 aliphatic heterocycles. The van der Waals surface area contributed by atoms with Crippen LogP contribution < -0.4 is 5.32 Å². The van der Waals surface area contributed by atoms with Gasteiger partial charge in [-0.1, -0.05) is 0 Å². The van der Waals surface area contributed by atoms with Crippen molar-refractivity contribution in [1.82, 2.24) is 19.9 Å². The van der Waals surface area contributed by atoms with Crippen LogP contribution in [0.4, 0.5) is 0 Å². The molecule has 3 heterocycles. The number of hydrogen-bond acceptors (Lipinski definition) is 5. The van der Waals surface area contributed by atoms with E-state index >= 15 is 0 Å². The maximum absolute atomic E-state index is 12.2. The van der Waals surface area contributed by atoms with Crippen LogP contribution in [0.3, 0.4) is 0 Å². The summed E-state index contributed by atoms with van der Waals surface area (Å²) in [5, 5.41) is 13.1. The van der Waals surface area contributed by atoms with Crippen molar-refractivity contribution < 1.29 is 14.3 Å². The molecule has 24 heavy (non-hydrogen) atoms. The fraction of sp³-hybridized carbons (Fsp3) is 0.235. The molecule has 0 aliphatic rings. The van der Waals surface area contributed by atoms with Crippen LogP contribution in [0.25, 0.3) is 5.82 Å². The molecule has 7 nitrogen and oxygen atoms in total. The van der Waals surface area contributed by atoms with Crippen molar-refractivity contribution in [1.29, 1.82) is 0 Å². The molecular formula is C17H18N4O3. The topological polar surface area (TPSA) is 93.2 Å². The summed E-state index contributed by atoms with van der Waals surface area (Å²) in [5.41, 5.74) is -0.876. The first-order valence-corrected chi connectivity index (χ1v) is 7.47. The molecule has 0 saturated carbocycles. The van der Waals surface area contributed by atoms with E-state index in [4.69, 9.17) is 4.42 Å². The van der Waals surface area contributed by atoms with Crippen LogP contribution in [0.1, 0.15) is 28.8 Å². The summed E-state index contributed by atoms with van der Waals surface area (Å²) in [6, 6.07) is 6.86. The summed E-state index contributed by atoms with van der Waals surface area (Å²) in [6.07, 6.45) is 6.53. The van der Waals surface area contributed by atoms with Gasteiger partial charge in [0, 0.05) is 18.6 Å². The Morgan fingerprint density at radius 2 is 2.21 bits per heavy atom. The summed E-state index contributed by atoms with van der Waals surface area (Å²) in [5.74, 6) is 1.47. The van der Waals surface area contributed by atoms with Gasteiger partial charge in [-0.25, -0.2) is 9.97 Å². The minimum atomic E-state index is -1.28. The Hall–Kier alpha value is -2.93. The number of hydrogen-bond donors (Lipinski definition) is 2. The first-order valence-electron chi connectivity index (χ1n) is 7.47. The number of aliphatic hydroxyl groups is 1. The van der Waals surface area contributed by atoms with Gasteiger partial charge in [-0.2, -0.15) is 0 Å². The number of carbonyl (C=O) groups excluding carboxylic acids is 1. The number of nitrogens with zero attached hydrogens (tertiary/aromatic N) is 3. The molecule has 0 radical (unpaired) electrons. The molecule has 7 heteroatoms. The number of imidazole rings is 1. The molecule has 0 spiro atoms. The Morgan fingerprint density at radius 1 is 1.38 bits per heavy atom. The first-order chi connectivity index (χ1) is 11.5. The van der Waals surface area contributed by atoms with E-state index in [1.807, 2.05) is 0 Å². The number of furan rings is 1. The van der Waals surface area contributed by atoms with Crippen molar-refractivity contribution in [2.24, 2.45) is 0 Å². The smallest absolute Gasteiger partial charge is 0.252 e. The number of rotatable bonds is 5. The highest BCUT2D eigenvalue weighted by molar-refractivity contribution is 5.94. The number of carbonyl (C=O) groups is 1. The lowest BCUT2D eigenvalue weighted by molar-refractivity contribution is 0.0323. The SMILES string of the molecule is Cc1ccc([C@@](C)(O)CNC(=O)c2ccc(-n3ccnc3)nc2)o1. The molecular weight excluding hydrogens is 308 g/mol. The molecule has 1 amide bonds. The van der Waals surface area contributed by atoms with E-state index in [1.54, 1.807) is 61.4 Å². The third-order valence-corrected chi connectivity index (χ3v) is 3.64. The van der Waals surface area contributed by atoms with E-state index in [0.717, 1.165) is 0 Å². The highest BCUT2D eigenvalue weighted by Gasteiger charge is 2.27. The number of aryl methyl sites for hydroxylation is 1. The fourth-order valence-corrected chi connectivity index (χ4v) is 2.23. The number of amides is 1. The van der Waals surface area contributed by atoms with Gasteiger partial charge in [-0.05, 0) is 38.1 Å². The predicted octanol–water partition coefficient (Wildman–Crippen LogP) is 1.81. The fourth-order valence-electron chi connectivity index (χ4n) is 2.23. The molecule has 0 bridgehead atoms. The quantitative estimate of drug-likeness (QED) is 0.746. The van der Waals surface area contributed by atoms with Crippen molar-refractivity contribution in [2.75, 3.05) is 6.54 Å². The Labute approximate surface area is 139 Å². The van der Waals surface area contributed by atoms with Gasteiger partial charge < -0.3 is 14.8 Å². The van der Waals surface area contributed by atoms with E-state index in [9.17, 15) is 9.90 Å². The van der Waals surface area contributed by atoms with Gasteiger partial charge in [0.25, 0.3) is 5.91 Å². The van der Waals surface area contributed by atoms with Crippen molar-refractivity contribution in [3.8, 4) is 5.82 Å². The molecule has 0 aliphatic carbocycles. The lowest BCUT2D eigenvalue weighted by Crippen LogP contribution is -2.38. The molecule has 1 atom stereocenters. The molecule has 0 fully saturated rings. The molecule has 0 saturated heterocycles. The van der Waals surface area contributed by atoms with Crippen LogP contribution in [-0.2, 0) is 5.60 Å². The maximum Gasteiger partial charge on any atom is 0.252 e. The monoisotopic (exact) mass is 326 g/mol. The van der Waals surface area contributed by atoms with Gasteiger partial charge in [-0.3, -0.25) is 9.36 Å². The normalized spacial score (nSPS) is 13.5. The molecule has 3 aromatic heterocycles. The Bertz CT molecular complexity index is 820. The van der Waals surface area contributed by atoms with E-state index in [0.29, 0.717) is 22.9 Å². The van der Waals surface area contributed by atoms with Gasteiger partial charge in [-0.15, -0.1) is 0 Å². The summed E-state index contributed by atoms with van der Waals surface area (Å²) in [4.78, 5) is 20.4. The summed E-state index contributed by atoms with van der Waals surface area (Å²) in [6.45, 7) is 3.42. The predicted molar refractivity (Wildman–Crippen MR) is 86.7 cm³/mol. The highest BCUT2D eigenvalue weighted by atomic mass is 16.4. The van der Waals surface area contributed by atoms with Crippen LogP contribution in [0.15, 0.2) is 53.6 Å². The zero-order valence-corrected chi connectivity index (χ0v) is 13.4. The Kier molecular flexibility index (Phi) is 4.18. The lowest BCUT2D eigenvalue weighted by Gasteiger charge is -2.21. The molecule has 0 aromatic carbocycles. The van der Waals surface area contributed by atoms with Crippen LogP contribution >= 0.6 is 0 Å². The summed E-state index contributed by atoms with van der Waals surface area (Å²) >= 11 is 0. The zero-order valence-electron chi connectivity index (χ0n) is 13.4. The number of aromatic nitrogens is 3. The number of nitrogens with one attached hydrogen (secondary N) is 1. The second kappa shape index (κ2) is 6.29. The van der Waals surface area contributed by atoms with E-state index in [2.05, 4.69) is 15.3 Å². The van der Waals surface area contributed by atoms with Crippen LogP contribution in [-0.4, -0.2) is 32.1 Å². The van der Waals surface area contributed by atoms with Crippen molar-refractivity contribution >= 4 is 5.91 Å². The van der Waals surface area contributed by atoms with Gasteiger partial charge >= 0.3 is 0 Å². The molecule has 2 N–H and O–H groups in total. The first kappa shape index (κ1) is 15.9. The third-order valence-electron chi connectivity index (χ3n) is 3.64. The van der Waals surface area contributed by atoms with Gasteiger partial charge in [0.2, 0.25) is 0 Å².